The van der Waals surface area contributed by atoms with Crippen LogP contribution < -0.4 is 5.32 Å². The number of carbonyl (C=O) groups is 1. The number of amides is 1. The van der Waals surface area contributed by atoms with Gasteiger partial charge < -0.3 is 19.5 Å². The van der Waals surface area contributed by atoms with Gasteiger partial charge in [-0.15, -0.1) is 0 Å². The van der Waals surface area contributed by atoms with Crippen LogP contribution in [0.1, 0.15) is 23.7 Å². The molecular weight excluding hydrogens is 394 g/mol. The number of fused-ring (bicyclic) bond motifs is 1. The van der Waals surface area contributed by atoms with Gasteiger partial charge in [0.25, 0.3) is 0 Å². The van der Waals surface area contributed by atoms with Crippen molar-refractivity contribution in [1.82, 2.24) is 29.2 Å². The molecule has 0 saturated carbocycles. The van der Waals surface area contributed by atoms with Gasteiger partial charge in [-0.2, -0.15) is 5.10 Å². The quantitative estimate of drug-likeness (QED) is 0.499. The lowest BCUT2D eigenvalue weighted by atomic mass is 10.2. The lowest BCUT2D eigenvalue weighted by molar-refractivity contribution is -0.127. The highest BCUT2D eigenvalue weighted by Gasteiger charge is 2.36. The molecule has 0 unspecified atom stereocenters. The number of carbonyl (C=O) groups excluding carboxylic acids is 1. The van der Waals surface area contributed by atoms with Gasteiger partial charge in [0.15, 0.2) is 5.65 Å². The van der Waals surface area contributed by atoms with E-state index >= 15 is 0 Å². The van der Waals surface area contributed by atoms with Crippen molar-refractivity contribution in [3.05, 3.63) is 48.6 Å². The summed E-state index contributed by atoms with van der Waals surface area (Å²) in [4.78, 5) is 22.8. The third kappa shape index (κ3) is 4.02. The van der Waals surface area contributed by atoms with Crippen LogP contribution in [0.2, 0.25) is 0 Å². The van der Waals surface area contributed by atoms with Crippen molar-refractivity contribution in [2.45, 2.75) is 18.5 Å². The molecule has 1 aliphatic rings. The second kappa shape index (κ2) is 8.62. The molecular formula is C22H25N7O2. The van der Waals surface area contributed by atoms with Crippen LogP contribution in [0.3, 0.4) is 0 Å². The number of nitrogens with zero attached hydrogens (tertiary/aromatic N) is 6. The Bertz CT molecular complexity index is 1180. The number of likely N-dealkylation sites (tertiary alicyclic amines) is 1. The van der Waals surface area contributed by atoms with E-state index in [2.05, 4.69) is 33.7 Å². The van der Waals surface area contributed by atoms with Crippen molar-refractivity contribution in [1.29, 1.82) is 0 Å². The van der Waals surface area contributed by atoms with Crippen molar-refractivity contribution in [2.75, 3.05) is 32.6 Å². The minimum Gasteiger partial charge on any atom is -0.383 e. The zero-order valence-corrected chi connectivity index (χ0v) is 17.9. The van der Waals surface area contributed by atoms with Crippen molar-refractivity contribution in [3.8, 4) is 11.8 Å². The lowest BCUT2D eigenvalue weighted by Gasteiger charge is -2.22. The summed E-state index contributed by atoms with van der Waals surface area (Å²) >= 11 is 0. The third-order valence-electron chi connectivity index (χ3n) is 5.43. The van der Waals surface area contributed by atoms with Crippen LogP contribution in [0.25, 0.3) is 11.2 Å². The average molecular weight is 419 g/mol. The monoisotopic (exact) mass is 419 g/mol. The van der Waals surface area contributed by atoms with Crippen molar-refractivity contribution < 1.29 is 9.53 Å². The maximum absolute atomic E-state index is 12.3. The lowest BCUT2D eigenvalue weighted by Crippen LogP contribution is -2.37. The normalized spacial score (nSPS) is 18.1. The number of methoxy groups -OCH3 is 1. The topological polar surface area (TPSA) is 90.1 Å². The Balaban J connectivity index is 1.59. The number of hydrogen-bond donors (Lipinski definition) is 1. The maximum atomic E-state index is 12.3. The number of rotatable bonds is 5. The molecule has 0 aliphatic carbocycles. The summed E-state index contributed by atoms with van der Waals surface area (Å²) in [5.41, 5.74) is 3.04. The van der Waals surface area contributed by atoms with Crippen LogP contribution in [0.15, 0.2) is 37.3 Å². The molecule has 4 rings (SSSR count). The molecule has 0 radical (unpaired) electrons. The van der Waals surface area contributed by atoms with E-state index in [4.69, 9.17) is 9.84 Å². The van der Waals surface area contributed by atoms with E-state index in [1.807, 2.05) is 35.5 Å². The number of aromatic nitrogens is 5. The van der Waals surface area contributed by atoms with Gasteiger partial charge in [-0.1, -0.05) is 12.5 Å². The smallest absolute Gasteiger partial charge is 0.246 e. The zero-order chi connectivity index (χ0) is 22.0. The van der Waals surface area contributed by atoms with Crippen LogP contribution in [0, 0.1) is 11.8 Å². The summed E-state index contributed by atoms with van der Waals surface area (Å²) in [6, 6.07) is 3.83. The summed E-state index contributed by atoms with van der Waals surface area (Å²) in [5, 5.41) is 7.87. The van der Waals surface area contributed by atoms with E-state index in [0.717, 1.165) is 29.0 Å². The zero-order valence-electron chi connectivity index (χ0n) is 17.9. The Hall–Kier alpha value is -3.64. The van der Waals surface area contributed by atoms with Gasteiger partial charge in [-0.25, -0.2) is 14.6 Å². The fraction of sp³-hybridized carbons (Fsp3) is 0.364. The Morgan fingerprint density at radius 1 is 1.39 bits per heavy atom. The van der Waals surface area contributed by atoms with E-state index in [0.29, 0.717) is 18.8 Å². The molecule has 31 heavy (non-hydrogen) atoms. The van der Waals surface area contributed by atoms with E-state index in [-0.39, 0.29) is 18.0 Å². The first-order chi connectivity index (χ1) is 15.0. The Morgan fingerprint density at radius 2 is 2.23 bits per heavy atom. The number of imidazole rings is 1. The first-order valence-corrected chi connectivity index (χ1v) is 10.0. The second-order valence-corrected chi connectivity index (χ2v) is 7.48. The summed E-state index contributed by atoms with van der Waals surface area (Å²) in [6.07, 6.45) is 5.56. The van der Waals surface area contributed by atoms with Gasteiger partial charge in [0.05, 0.1) is 25.0 Å². The minimum absolute atomic E-state index is 0.0138. The highest BCUT2D eigenvalue weighted by molar-refractivity contribution is 5.87. The van der Waals surface area contributed by atoms with E-state index in [1.165, 1.54) is 6.08 Å². The Kier molecular flexibility index (Phi) is 5.73. The van der Waals surface area contributed by atoms with Crippen LogP contribution in [-0.2, 0) is 16.6 Å². The summed E-state index contributed by atoms with van der Waals surface area (Å²) in [7, 11) is 5.39. The Morgan fingerprint density at radius 3 is 2.97 bits per heavy atom. The third-order valence-corrected chi connectivity index (χ3v) is 5.43. The summed E-state index contributed by atoms with van der Waals surface area (Å²) in [5.74, 6) is 6.98. The molecule has 0 aromatic carbocycles. The molecule has 0 spiro atoms. The SMILES string of the molecule is C=CC(=O)N1C[C@@H](n2nc(C#Cc3cnc4c(c3)ncn4C)cc2NC)C[C@@H]1COC. The molecule has 2 atom stereocenters. The van der Waals surface area contributed by atoms with Crippen LogP contribution in [0.4, 0.5) is 5.82 Å². The summed E-state index contributed by atoms with van der Waals surface area (Å²) in [6.45, 7) is 4.63. The number of anilines is 1. The fourth-order valence-corrected chi connectivity index (χ4v) is 3.95. The standard InChI is InChI=1S/C22H25N7O2/c1-5-21(30)28-12-17(10-18(28)13-31-4)29-20(23-2)9-16(26-29)7-6-15-8-19-22(24-11-15)27(3)14-25-19/h5,8-9,11,14,17-18,23H,1,10,12-13H2,2-4H3/t17-,18+/m0/s1. The predicted octanol–water partition coefficient (Wildman–Crippen LogP) is 1.58. The molecule has 9 nitrogen and oxygen atoms in total. The average Bonchev–Trinajstić information content (AvgIpc) is 3.48. The molecule has 1 amide bonds. The van der Waals surface area contributed by atoms with Crippen molar-refractivity contribution in [2.24, 2.45) is 7.05 Å². The van der Waals surface area contributed by atoms with Crippen LogP contribution >= 0.6 is 0 Å². The molecule has 4 heterocycles. The maximum Gasteiger partial charge on any atom is 0.246 e. The predicted molar refractivity (Wildman–Crippen MR) is 117 cm³/mol. The fourth-order valence-electron chi connectivity index (χ4n) is 3.95. The van der Waals surface area contributed by atoms with Crippen LogP contribution in [-0.4, -0.2) is 68.5 Å². The van der Waals surface area contributed by atoms with Gasteiger partial charge in [0, 0.05) is 45.6 Å². The van der Waals surface area contributed by atoms with Gasteiger partial charge in [-0.05, 0) is 24.5 Å². The van der Waals surface area contributed by atoms with Crippen LogP contribution in [0.5, 0.6) is 0 Å². The first kappa shape index (κ1) is 20.6. The number of ether oxygens (including phenoxy) is 1. The van der Waals surface area contributed by atoms with Gasteiger partial charge in [0.1, 0.15) is 17.0 Å². The number of nitrogens with one attached hydrogen (secondary N) is 1. The molecule has 1 N–H and O–H groups in total. The van der Waals surface area contributed by atoms with Gasteiger partial charge in [-0.3, -0.25) is 4.79 Å². The molecule has 3 aromatic heterocycles. The van der Waals surface area contributed by atoms with E-state index in [9.17, 15) is 4.79 Å². The molecule has 3 aromatic rings. The first-order valence-electron chi connectivity index (χ1n) is 10.0. The minimum atomic E-state index is -0.0971. The highest BCUT2D eigenvalue weighted by Crippen LogP contribution is 2.30. The van der Waals surface area contributed by atoms with E-state index < -0.39 is 0 Å². The van der Waals surface area contributed by atoms with Crippen molar-refractivity contribution >= 4 is 22.9 Å². The molecule has 160 valence electrons. The molecule has 1 fully saturated rings. The largest absolute Gasteiger partial charge is 0.383 e. The number of hydrogen-bond acceptors (Lipinski definition) is 6. The molecule has 1 saturated heterocycles. The number of pyridine rings is 1. The molecule has 1 aliphatic heterocycles. The second-order valence-electron chi connectivity index (χ2n) is 7.48. The van der Waals surface area contributed by atoms with E-state index in [1.54, 1.807) is 24.5 Å². The summed E-state index contributed by atoms with van der Waals surface area (Å²) < 4.78 is 9.08. The van der Waals surface area contributed by atoms with Gasteiger partial charge >= 0.3 is 0 Å². The van der Waals surface area contributed by atoms with Crippen molar-refractivity contribution in [3.63, 3.8) is 0 Å². The molecule has 0 bridgehead atoms. The highest BCUT2D eigenvalue weighted by atomic mass is 16.5. The number of aryl methyl sites for hydroxylation is 1. The Labute approximate surface area is 180 Å². The molecule has 9 heteroatoms. The van der Waals surface area contributed by atoms with Gasteiger partial charge in [0.2, 0.25) is 5.91 Å².